The van der Waals surface area contributed by atoms with Crippen molar-refractivity contribution < 1.29 is 9.90 Å². The highest BCUT2D eigenvalue weighted by molar-refractivity contribution is 5.97. The molecule has 0 spiro atoms. The second kappa shape index (κ2) is 6.60. The van der Waals surface area contributed by atoms with Crippen LogP contribution >= 0.6 is 0 Å². The second-order valence-electron chi connectivity index (χ2n) is 5.35. The summed E-state index contributed by atoms with van der Waals surface area (Å²) < 4.78 is 0. The fourth-order valence-electron chi connectivity index (χ4n) is 2.49. The molecule has 0 saturated heterocycles. The average molecular weight is 310 g/mol. The minimum absolute atomic E-state index is 0.0238. The van der Waals surface area contributed by atoms with E-state index in [1.165, 1.54) is 0 Å². The zero-order valence-corrected chi connectivity index (χ0v) is 12.5. The van der Waals surface area contributed by atoms with Crippen LogP contribution in [0.2, 0.25) is 0 Å². The van der Waals surface area contributed by atoms with E-state index < -0.39 is 5.92 Å². The van der Waals surface area contributed by atoms with Gasteiger partial charge in [0.15, 0.2) is 0 Å². The van der Waals surface area contributed by atoms with E-state index in [0.29, 0.717) is 5.69 Å². The Kier molecular flexibility index (Phi) is 4.36. The molecule has 6 nitrogen and oxygen atoms in total. The number of hydrogen-bond acceptors (Lipinski definition) is 4. The van der Waals surface area contributed by atoms with Crippen molar-refractivity contribution in [2.24, 2.45) is 5.73 Å². The monoisotopic (exact) mass is 310 g/mol. The Morgan fingerprint density at radius 2 is 2.04 bits per heavy atom. The van der Waals surface area contributed by atoms with Gasteiger partial charge in [-0.2, -0.15) is 5.10 Å². The van der Waals surface area contributed by atoms with Gasteiger partial charge in [-0.15, -0.1) is 0 Å². The molecule has 1 amide bonds. The first-order valence-corrected chi connectivity index (χ1v) is 7.35. The zero-order valence-electron chi connectivity index (χ0n) is 12.5. The molecule has 0 saturated carbocycles. The molecule has 6 heteroatoms. The number of aliphatic hydroxyl groups is 1. The summed E-state index contributed by atoms with van der Waals surface area (Å²) in [7, 11) is 0. The van der Waals surface area contributed by atoms with Gasteiger partial charge in [0.2, 0.25) is 5.91 Å². The standard InChI is InChI=1S/C17H18N4O2/c18-8-15(12-3-1-11(10-22)2-4-12)17(23)20-14-6-5-13-9-19-21-16(13)7-14/h1-7,9,15,22H,8,10,18H2,(H,19,21)(H,20,23). The molecule has 0 radical (unpaired) electrons. The maximum atomic E-state index is 12.5. The number of nitrogens with zero attached hydrogens (tertiary/aromatic N) is 1. The Bertz CT molecular complexity index is 811. The first-order valence-electron chi connectivity index (χ1n) is 7.35. The molecule has 1 atom stereocenters. The number of amides is 1. The molecule has 2 aromatic carbocycles. The van der Waals surface area contributed by atoms with E-state index in [9.17, 15) is 4.79 Å². The number of aromatic nitrogens is 2. The number of fused-ring (bicyclic) bond motifs is 1. The SMILES string of the molecule is NCC(C(=O)Nc1ccc2cn[nH]c2c1)c1ccc(CO)cc1. The lowest BCUT2D eigenvalue weighted by Gasteiger charge is -2.16. The quantitative estimate of drug-likeness (QED) is 0.576. The van der Waals surface area contributed by atoms with Gasteiger partial charge in [-0.25, -0.2) is 0 Å². The van der Waals surface area contributed by atoms with Crippen LogP contribution in [0, 0.1) is 0 Å². The number of nitrogens with two attached hydrogens (primary N) is 1. The van der Waals surface area contributed by atoms with E-state index in [1.54, 1.807) is 18.3 Å². The van der Waals surface area contributed by atoms with Crippen LogP contribution in [0.4, 0.5) is 5.69 Å². The van der Waals surface area contributed by atoms with Crippen molar-refractivity contribution in [2.75, 3.05) is 11.9 Å². The molecule has 1 heterocycles. The van der Waals surface area contributed by atoms with Gasteiger partial charge in [0.1, 0.15) is 0 Å². The normalized spacial score (nSPS) is 12.3. The fourth-order valence-corrected chi connectivity index (χ4v) is 2.49. The number of nitrogens with one attached hydrogen (secondary N) is 2. The first kappa shape index (κ1) is 15.2. The van der Waals surface area contributed by atoms with E-state index in [-0.39, 0.29) is 19.1 Å². The number of carbonyl (C=O) groups excluding carboxylic acids is 1. The van der Waals surface area contributed by atoms with E-state index in [0.717, 1.165) is 22.0 Å². The summed E-state index contributed by atoms with van der Waals surface area (Å²) in [6.07, 6.45) is 1.73. The molecule has 118 valence electrons. The summed E-state index contributed by atoms with van der Waals surface area (Å²) in [6, 6.07) is 12.8. The highest BCUT2D eigenvalue weighted by atomic mass is 16.3. The molecule has 0 aliphatic rings. The molecular formula is C17H18N4O2. The van der Waals surface area contributed by atoms with Gasteiger partial charge in [0.25, 0.3) is 0 Å². The van der Waals surface area contributed by atoms with Crippen LogP contribution in [0.25, 0.3) is 10.9 Å². The van der Waals surface area contributed by atoms with Crippen molar-refractivity contribution in [2.45, 2.75) is 12.5 Å². The molecule has 0 aliphatic heterocycles. The molecule has 3 rings (SSSR count). The fraction of sp³-hybridized carbons (Fsp3) is 0.176. The second-order valence-corrected chi connectivity index (χ2v) is 5.35. The van der Waals surface area contributed by atoms with Gasteiger partial charge < -0.3 is 16.2 Å². The van der Waals surface area contributed by atoms with Crippen LogP contribution in [-0.2, 0) is 11.4 Å². The lowest BCUT2D eigenvalue weighted by molar-refractivity contribution is -0.117. The topological polar surface area (TPSA) is 104 Å². The summed E-state index contributed by atoms with van der Waals surface area (Å²) in [4.78, 5) is 12.5. The number of carbonyl (C=O) groups is 1. The highest BCUT2D eigenvalue weighted by Crippen LogP contribution is 2.21. The van der Waals surface area contributed by atoms with Gasteiger partial charge in [-0.3, -0.25) is 9.89 Å². The van der Waals surface area contributed by atoms with E-state index in [2.05, 4.69) is 15.5 Å². The van der Waals surface area contributed by atoms with Gasteiger partial charge in [-0.05, 0) is 29.3 Å². The molecule has 1 unspecified atom stereocenters. The Balaban J connectivity index is 1.78. The maximum absolute atomic E-state index is 12.5. The molecule has 0 aliphatic carbocycles. The third-order valence-electron chi connectivity index (χ3n) is 3.83. The van der Waals surface area contributed by atoms with Crippen molar-refractivity contribution in [3.8, 4) is 0 Å². The molecule has 0 fully saturated rings. The predicted molar refractivity (Wildman–Crippen MR) is 88.9 cm³/mol. The molecule has 0 bridgehead atoms. The lowest BCUT2D eigenvalue weighted by atomic mass is 9.97. The van der Waals surface area contributed by atoms with Gasteiger partial charge in [-0.1, -0.05) is 24.3 Å². The Labute approximate surface area is 133 Å². The molecule has 1 aromatic heterocycles. The molecule has 5 N–H and O–H groups in total. The first-order chi connectivity index (χ1) is 11.2. The van der Waals surface area contributed by atoms with Crippen LogP contribution in [0.15, 0.2) is 48.7 Å². The third kappa shape index (κ3) is 3.23. The maximum Gasteiger partial charge on any atom is 0.233 e. The largest absolute Gasteiger partial charge is 0.392 e. The summed E-state index contributed by atoms with van der Waals surface area (Å²) in [5.74, 6) is -0.608. The van der Waals surface area contributed by atoms with Crippen LogP contribution in [0.1, 0.15) is 17.0 Å². The Morgan fingerprint density at radius 3 is 2.74 bits per heavy atom. The van der Waals surface area contributed by atoms with Gasteiger partial charge in [0.05, 0.1) is 24.2 Å². The minimum atomic E-state index is -0.444. The number of aliphatic hydroxyl groups excluding tert-OH is 1. The van der Waals surface area contributed by atoms with Crippen LogP contribution in [0.3, 0.4) is 0 Å². The van der Waals surface area contributed by atoms with Gasteiger partial charge >= 0.3 is 0 Å². The number of benzene rings is 2. The Morgan fingerprint density at radius 1 is 1.26 bits per heavy atom. The van der Waals surface area contributed by atoms with Crippen molar-refractivity contribution in [3.05, 3.63) is 59.8 Å². The molecule has 23 heavy (non-hydrogen) atoms. The Hall–Kier alpha value is -2.70. The van der Waals surface area contributed by atoms with Crippen LogP contribution in [0.5, 0.6) is 0 Å². The summed E-state index contributed by atoms with van der Waals surface area (Å²) in [5.41, 5.74) is 8.95. The number of aromatic amines is 1. The number of rotatable bonds is 5. The molecular weight excluding hydrogens is 292 g/mol. The van der Waals surface area contributed by atoms with Crippen molar-refractivity contribution in [3.63, 3.8) is 0 Å². The number of anilines is 1. The minimum Gasteiger partial charge on any atom is -0.392 e. The zero-order chi connectivity index (χ0) is 16.2. The van der Waals surface area contributed by atoms with Crippen LogP contribution in [-0.4, -0.2) is 27.8 Å². The predicted octanol–water partition coefficient (Wildman–Crippen LogP) is 1.74. The number of hydrogen-bond donors (Lipinski definition) is 4. The highest BCUT2D eigenvalue weighted by Gasteiger charge is 2.19. The lowest BCUT2D eigenvalue weighted by Crippen LogP contribution is -2.27. The summed E-state index contributed by atoms with van der Waals surface area (Å²) in [5, 5.41) is 19.8. The van der Waals surface area contributed by atoms with Gasteiger partial charge in [0, 0.05) is 17.6 Å². The van der Waals surface area contributed by atoms with Crippen LogP contribution < -0.4 is 11.1 Å². The van der Waals surface area contributed by atoms with E-state index in [1.807, 2.05) is 30.3 Å². The molecule has 3 aromatic rings. The third-order valence-corrected chi connectivity index (χ3v) is 3.83. The van der Waals surface area contributed by atoms with Crippen molar-refractivity contribution >= 4 is 22.5 Å². The van der Waals surface area contributed by atoms with Crippen molar-refractivity contribution in [1.82, 2.24) is 10.2 Å². The summed E-state index contributed by atoms with van der Waals surface area (Å²) >= 11 is 0. The number of H-pyrrole nitrogens is 1. The smallest absolute Gasteiger partial charge is 0.233 e. The van der Waals surface area contributed by atoms with E-state index >= 15 is 0 Å². The average Bonchev–Trinajstić information content (AvgIpc) is 3.04. The summed E-state index contributed by atoms with van der Waals surface area (Å²) in [6.45, 7) is 0.181. The van der Waals surface area contributed by atoms with Crippen molar-refractivity contribution in [1.29, 1.82) is 0 Å². The van der Waals surface area contributed by atoms with E-state index in [4.69, 9.17) is 10.8 Å².